The average Bonchev–Trinajstić information content (AvgIpc) is 3.07. The predicted molar refractivity (Wildman–Crippen MR) is 111 cm³/mol. The molecule has 0 radical (unpaired) electrons. The van der Waals surface area contributed by atoms with E-state index in [2.05, 4.69) is 16.8 Å². The fraction of sp³-hybridized carbons (Fsp3) is 0.364. The third-order valence-corrected chi connectivity index (χ3v) is 5.13. The number of primary amides is 1. The zero-order valence-electron chi connectivity index (χ0n) is 16.6. The second-order valence-corrected chi connectivity index (χ2v) is 7.38. The molecule has 0 bridgehead atoms. The molecule has 1 amide bonds. The summed E-state index contributed by atoms with van der Waals surface area (Å²) >= 11 is 0. The summed E-state index contributed by atoms with van der Waals surface area (Å²) in [6.45, 7) is 4.12. The Bertz CT molecular complexity index is 991. The molecule has 3 N–H and O–H groups in total. The van der Waals surface area contributed by atoms with Crippen molar-refractivity contribution in [1.29, 1.82) is 0 Å². The smallest absolute Gasteiger partial charge is 0.231 e. The first kappa shape index (κ1) is 19.4. The van der Waals surface area contributed by atoms with Crippen LogP contribution in [0.3, 0.4) is 0 Å². The number of nitrogens with zero attached hydrogens (tertiary/aromatic N) is 2. The molecule has 29 heavy (non-hydrogen) atoms. The van der Waals surface area contributed by atoms with E-state index in [9.17, 15) is 4.79 Å². The summed E-state index contributed by atoms with van der Waals surface area (Å²) in [5.41, 5.74) is 8.38. The summed E-state index contributed by atoms with van der Waals surface area (Å²) in [6.07, 6.45) is 1.86. The van der Waals surface area contributed by atoms with Gasteiger partial charge in [-0.15, -0.1) is 0 Å². The first-order valence-electron chi connectivity index (χ1n) is 9.92. The maximum absolute atomic E-state index is 11.1. The first-order chi connectivity index (χ1) is 14.1. The van der Waals surface area contributed by atoms with Crippen LogP contribution in [0, 0.1) is 6.92 Å². The summed E-state index contributed by atoms with van der Waals surface area (Å²) in [7, 11) is 0. The number of rotatable bonds is 7. The molecule has 1 saturated heterocycles. The SMILES string of the molecule is Cc1ccc(Oc2ccc3nc(CNCC(N)=O)n(C4CCOCC4)c3c2)cc1. The number of imidazole rings is 1. The van der Waals surface area contributed by atoms with Crippen molar-refractivity contribution in [3.8, 4) is 11.5 Å². The van der Waals surface area contributed by atoms with Crippen LogP contribution in [0.4, 0.5) is 0 Å². The minimum absolute atomic E-state index is 0.124. The highest BCUT2D eigenvalue weighted by atomic mass is 16.5. The molecule has 1 aromatic heterocycles. The second-order valence-electron chi connectivity index (χ2n) is 7.38. The zero-order valence-corrected chi connectivity index (χ0v) is 16.6. The number of nitrogens with one attached hydrogen (secondary N) is 1. The standard InChI is InChI=1S/C22H26N4O3/c1-15-2-4-17(5-3-15)29-18-6-7-19-20(12-18)26(16-8-10-28-11-9-16)22(25-19)14-24-13-21(23)27/h2-7,12,16,24H,8-11,13-14H2,1H3,(H2,23,27). The van der Waals surface area contributed by atoms with Crippen molar-refractivity contribution in [2.24, 2.45) is 5.73 Å². The van der Waals surface area contributed by atoms with Crippen molar-refractivity contribution >= 4 is 16.9 Å². The van der Waals surface area contributed by atoms with Crippen LogP contribution in [-0.2, 0) is 16.1 Å². The largest absolute Gasteiger partial charge is 0.457 e. The average molecular weight is 394 g/mol. The molecule has 0 saturated carbocycles. The minimum atomic E-state index is -0.382. The van der Waals surface area contributed by atoms with E-state index in [-0.39, 0.29) is 12.5 Å². The molecule has 2 heterocycles. The number of amides is 1. The first-order valence-corrected chi connectivity index (χ1v) is 9.92. The number of aryl methyl sites for hydroxylation is 1. The third kappa shape index (κ3) is 4.58. The van der Waals surface area contributed by atoms with Gasteiger partial charge in [-0.1, -0.05) is 17.7 Å². The van der Waals surface area contributed by atoms with Crippen LogP contribution in [0.15, 0.2) is 42.5 Å². The lowest BCUT2D eigenvalue weighted by molar-refractivity contribution is -0.117. The predicted octanol–water partition coefficient (Wildman–Crippen LogP) is 3.06. The summed E-state index contributed by atoms with van der Waals surface area (Å²) in [6, 6.07) is 14.2. The molecule has 0 spiro atoms. The molecule has 152 valence electrons. The monoisotopic (exact) mass is 394 g/mol. The minimum Gasteiger partial charge on any atom is -0.457 e. The van der Waals surface area contributed by atoms with Crippen LogP contribution in [0.5, 0.6) is 11.5 Å². The van der Waals surface area contributed by atoms with E-state index in [1.165, 1.54) is 5.56 Å². The van der Waals surface area contributed by atoms with Crippen LogP contribution >= 0.6 is 0 Å². The molecule has 3 aromatic rings. The highest BCUT2D eigenvalue weighted by molar-refractivity contribution is 5.78. The van der Waals surface area contributed by atoms with Crippen LogP contribution in [0.2, 0.25) is 0 Å². The maximum atomic E-state index is 11.1. The normalized spacial score (nSPS) is 14.9. The molecule has 0 unspecified atom stereocenters. The Kier molecular flexibility index (Phi) is 5.78. The van der Waals surface area contributed by atoms with Gasteiger partial charge in [0.1, 0.15) is 17.3 Å². The Labute approximate surface area is 169 Å². The van der Waals surface area contributed by atoms with Crippen LogP contribution in [-0.4, -0.2) is 35.2 Å². The van der Waals surface area contributed by atoms with E-state index in [1.807, 2.05) is 42.5 Å². The lowest BCUT2D eigenvalue weighted by Gasteiger charge is -2.26. The van der Waals surface area contributed by atoms with Crippen LogP contribution < -0.4 is 15.8 Å². The number of hydrogen-bond donors (Lipinski definition) is 2. The van der Waals surface area contributed by atoms with Gasteiger partial charge in [-0.25, -0.2) is 4.98 Å². The lowest BCUT2D eigenvalue weighted by Crippen LogP contribution is -2.30. The molecular formula is C22H26N4O3. The van der Waals surface area contributed by atoms with Gasteiger partial charge in [-0.05, 0) is 44.0 Å². The van der Waals surface area contributed by atoms with Crippen molar-refractivity contribution in [3.63, 3.8) is 0 Å². The molecule has 0 aliphatic carbocycles. The number of aromatic nitrogens is 2. The van der Waals surface area contributed by atoms with Gasteiger partial charge < -0.3 is 25.1 Å². The van der Waals surface area contributed by atoms with Gasteiger partial charge in [0, 0.05) is 25.3 Å². The van der Waals surface area contributed by atoms with Gasteiger partial charge in [0.2, 0.25) is 5.91 Å². The van der Waals surface area contributed by atoms with E-state index in [1.54, 1.807) is 0 Å². The van der Waals surface area contributed by atoms with Crippen molar-refractivity contribution in [1.82, 2.24) is 14.9 Å². The van der Waals surface area contributed by atoms with Crippen molar-refractivity contribution in [2.75, 3.05) is 19.8 Å². The molecule has 1 aliphatic rings. The summed E-state index contributed by atoms with van der Waals surface area (Å²) in [4.78, 5) is 15.9. The maximum Gasteiger partial charge on any atom is 0.231 e. The molecule has 4 rings (SSSR count). The fourth-order valence-corrected chi connectivity index (χ4v) is 3.70. The number of carbonyl (C=O) groups is 1. The topological polar surface area (TPSA) is 91.4 Å². The summed E-state index contributed by atoms with van der Waals surface area (Å²) in [5, 5.41) is 3.08. The Balaban J connectivity index is 1.67. The van der Waals surface area contributed by atoms with E-state index < -0.39 is 0 Å². The molecule has 0 atom stereocenters. The van der Waals surface area contributed by atoms with Crippen LogP contribution in [0.1, 0.15) is 30.3 Å². The Morgan fingerprint density at radius 3 is 2.66 bits per heavy atom. The van der Waals surface area contributed by atoms with E-state index >= 15 is 0 Å². The molecule has 1 aliphatic heterocycles. The number of hydrogen-bond acceptors (Lipinski definition) is 5. The highest BCUT2D eigenvalue weighted by Crippen LogP contribution is 2.31. The Morgan fingerprint density at radius 1 is 1.21 bits per heavy atom. The van der Waals surface area contributed by atoms with Gasteiger partial charge in [0.15, 0.2) is 0 Å². The van der Waals surface area contributed by atoms with Gasteiger partial charge >= 0.3 is 0 Å². The highest BCUT2D eigenvalue weighted by Gasteiger charge is 2.22. The number of fused-ring (bicyclic) bond motifs is 1. The van der Waals surface area contributed by atoms with Gasteiger partial charge in [0.05, 0.1) is 24.1 Å². The molecule has 1 fully saturated rings. The molecular weight excluding hydrogens is 368 g/mol. The number of ether oxygens (including phenoxy) is 2. The molecule has 7 nitrogen and oxygen atoms in total. The van der Waals surface area contributed by atoms with Crippen molar-refractivity contribution < 1.29 is 14.3 Å². The van der Waals surface area contributed by atoms with Crippen LogP contribution in [0.25, 0.3) is 11.0 Å². The quantitative estimate of drug-likeness (QED) is 0.643. The number of nitrogens with two attached hydrogens (primary N) is 1. The van der Waals surface area contributed by atoms with E-state index in [0.717, 1.165) is 54.4 Å². The Morgan fingerprint density at radius 2 is 1.93 bits per heavy atom. The molecule has 7 heteroatoms. The van der Waals surface area contributed by atoms with Gasteiger partial charge in [0.25, 0.3) is 0 Å². The lowest BCUT2D eigenvalue weighted by atomic mass is 10.1. The summed E-state index contributed by atoms with van der Waals surface area (Å²) < 4.78 is 13.9. The van der Waals surface area contributed by atoms with Gasteiger partial charge in [-0.3, -0.25) is 4.79 Å². The molecule has 2 aromatic carbocycles. The Hall–Kier alpha value is -2.90. The summed E-state index contributed by atoms with van der Waals surface area (Å²) in [5.74, 6) is 2.08. The van der Waals surface area contributed by atoms with Crippen molar-refractivity contribution in [3.05, 3.63) is 53.9 Å². The van der Waals surface area contributed by atoms with Gasteiger partial charge in [-0.2, -0.15) is 0 Å². The van der Waals surface area contributed by atoms with E-state index in [4.69, 9.17) is 20.2 Å². The van der Waals surface area contributed by atoms with E-state index in [0.29, 0.717) is 12.6 Å². The van der Waals surface area contributed by atoms with Crippen molar-refractivity contribution in [2.45, 2.75) is 32.4 Å². The zero-order chi connectivity index (χ0) is 20.2. The second kappa shape index (κ2) is 8.63. The number of benzene rings is 2. The third-order valence-electron chi connectivity index (χ3n) is 5.13. The number of carbonyl (C=O) groups excluding carboxylic acids is 1. The fourth-order valence-electron chi connectivity index (χ4n) is 3.70.